The Morgan fingerprint density at radius 1 is 1.50 bits per heavy atom. The van der Waals surface area contributed by atoms with Crippen molar-refractivity contribution in [1.29, 1.82) is 0 Å². The van der Waals surface area contributed by atoms with Crippen LogP contribution in [0.2, 0.25) is 0 Å². The van der Waals surface area contributed by atoms with Crippen LogP contribution in [0.3, 0.4) is 0 Å². The van der Waals surface area contributed by atoms with E-state index in [4.69, 9.17) is 10.8 Å². The number of nitrogens with two attached hydrogens (primary N) is 1. The zero-order valence-corrected chi connectivity index (χ0v) is 9.67. The molecule has 0 radical (unpaired) electrons. The Labute approximate surface area is 104 Å². The summed E-state index contributed by atoms with van der Waals surface area (Å²) in [6.45, 7) is -0.0119. The zero-order chi connectivity index (χ0) is 13.3. The molecule has 0 saturated carbocycles. The van der Waals surface area contributed by atoms with E-state index < -0.39 is 12.1 Å². The number of rotatable bonds is 4. The van der Waals surface area contributed by atoms with Gasteiger partial charge in [-0.1, -0.05) is 0 Å². The monoisotopic (exact) mass is 250 g/mol. The van der Waals surface area contributed by atoms with Gasteiger partial charge < -0.3 is 20.8 Å². The number of β-amino-alcohol motifs (C(OH)–C–C–N with tert-alkyl or cyclic N) is 1. The molecule has 0 aromatic heterocycles. The molecule has 6 heteroatoms. The van der Waals surface area contributed by atoms with Crippen molar-refractivity contribution in [1.82, 2.24) is 0 Å². The molecule has 1 aliphatic rings. The standard InChI is InChI=1S/C12H14N2O4/c13-8-1-2-10-7(3-8)4-11(16)14(10)6-9(15)5-12(17)18/h1-3,9,15H,4-6,13H2,(H,17,18). The average Bonchev–Trinajstić information content (AvgIpc) is 2.53. The molecule has 0 bridgehead atoms. The third kappa shape index (κ3) is 2.43. The molecule has 1 amide bonds. The van der Waals surface area contributed by atoms with E-state index in [2.05, 4.69) is 0 Å². The molecule has 0 aliphatic carbocycles. The van der Waals surface area contributed by atoms with Gasteiger partial charge in [0.25, 0.3) is 0 Å². The number of aliphatic hydroxyl groups is 1. The van der Waals surface area contributed by atoms with Gasteiger partial charge in [-0.25, -0.2) is 0 Å². The van der Waals surface area contributed by atoms with Crippen molar-refractivity contribution >= 4 is 23.3 Å². The number of carboxylic acids is 1. The van der Waals surface area contributed by atoms with Crippen LogP contribution in [0.25, 0.3) is 0 Å². The second-order valence-corrected chi connectivity index (χ2v) is 4.32. The van der Waals surface area contributed by atoms with E-state index in [1.807, 2.05) is 0 Å². The number of carboxylic acid groups (broad SMARTS) is 1. The van der Waals surface area contributed by atoms with Crippen LogP contribution in [0.15, 0.2) is 18.2 Å². The first-order valence-corrected chi connectivity index (χ1v) is 5.56. The fourth-order valence-corrected chi connectivity index (χ4v) is 2.08. The van der Waals surface area contributed by atoms with Gasteiger partial charge in [-0.2, -0.15) is 0 Å². The van der Waals surface area contributed by atoms with Crippen LogP contribution in [0, 0.1) is 0 Å². The second-order valence-electron chi connectivity index (χ2n) is 4.32. The number of carbonyl (C=O) groups excluding carboxylic acids is 1. The molecular formula is C12H14N2O4. The van der Waals surface area contributed by atoms with E-state index >= 15 is 0 Å². The van der Waals surface area contributed by atoms with Gasteiger partial charge in [0.1, 0.15) is 0 Å². The normalized spacial score (nSPS) is 15.6. The lowest BCUT2D eigenvalue weighted by molar-refractivity contribution is -0.139. The number of anilines is 2. The number of hydrogen-bond acceptors (Lipinski definition) is 4. The van der Waals surface area contributed by atoms with E-state index in [0.29, 0.717) is 11.4 Å². The summed E-state index contributed by atoms with van der Waals surface area (Å²) in [4.78, 5) is 23.7. The van der Waals surface area contributed by atoms with Crippen LogP contribution in [0.1, 0.15) is 12.0 Å². The largest absolute Gasteiger partial charge is 0.481 e. The predicted molar refractivity (Wildman–Crippen MR) is 65.2 cm³/mol. The summed E-state index contributed by atoms with van der Waals surface area (Å²) in [7, 11) is 0. The highest BCUT2D eigenvalue weighted by Gasteiger charge is 2.29. The molecule has 96 valence electrons. The molecule has 1 heterocycles. The molecule has 6 nitrogen and oxygen atoms in total. The molecule has 1 aliphatic heterocycles. The van der Waals surface area contributed by atoms with Crippen molar-refractivity contribution in [3.8, 4) is 0 Å². The van der Waals surface area contributed by atoms with Gasteiger partial charge in [-0.3, -0.25) is 9.59 Å². The van der Waals surface area contributed by atoms with E-state index in [1.165, 1.54) is 4.90 Å². The Bertz CT molecular complexity index is 501. The highest BCUT2D eigenvalue weighted by Crippen LogP contribution is 2.30. The number of benzene rings is 1. The van der Waals surface area contributed by atoms with Crippen molar-refractivity contribution in [2.45, 2.75) is 18.9 Å². The Hall–Kier alpha value is -2.08. The van der Waals surface area contributed by atoms with Crippen molar-refractivity contribution in [2.24, 2.45) is 0 Å². The first-order valence-electron chi connectivity index (χ1n) is 5.56. The number of nitrogens with zero attached hydrogens (tertiary/aromatic N) is 1. The summed E-state index contributed by atoms with van der Waals surface area (Å²) < 4.78 is 0. The highest BCUT2D eigenvalue weighted by atomic mass is 16.4. The molecule has 0 saturated heterocycles. The third-order valence-electron chi connectivity index (χ3n) is 2.84. The maximum Gasteiger partial charge on any atom is 0.306 e. The first kappa shape index (κ1) is 12.4. The molecule has 1 aromatic carbocycles. The lowest BCUT2D eigenvalue weighted by atomic mass is 10.1. The molecule has 1 aromatic rings. The number of hydrogen-bond donors (Lipinski definition) is 3. The van der Waals surface area contributed by atoms with Gasteiger partial charge in [-0.15, -0.1) is 0 Å². The van der Waals surface area contributed by atoms with Gasteiger partial charge in [0.2, 0.25) is 5.91 Å². The van der Waals surface area contributed by atoms with Gasteiger partial charge in [0.05, 0.1) is 25.5 Å². The van der Waals surface area contributed by atoms with Crippen LogP contribution < -0.4 is 10.6 Å². The Kier molecular flexibility index (Phi) is 3.20. The molecular weight excluding hydrogens is 236 g/mol. The quantitative estimate of drug-likeness (QED) is 0.652. The number of aliphatic hydroxyl groups excluding tert-OH is 1. The van der Waals surface area contributed by atoms with E-state index in [1.54, 1.807) is 18.2 Å². The van der Waals surface area contributed by atoms with Crippen LogP contribution >= 0.6 is 0 Å². The smallest absolute Gasteiger partial charge is 0.306 e. The van der Waals surface area contributed by atoms with E-state index in [0.717, 1.165) is 5.56 Å². The maximum absolute atomic E-state index is 11.8. The van der Waals surface area contributed by atoms with Crippen LogP contribution in [0.5, 0.6) is 0 Å². The SMILES string of the molecule is Nc1ccc2c(c1)CC(=O)N2CC(O)CC(=O)O. The Balaban J connectivity index is 2.15. The summed E-state index contributed by atoms with van der Waals surface area (Å²) in [6.07, 6.45) is -1.22. The zero-order valence-electron chi connectivity index (χ0n) is 9.67. The number of aliphatic carboxylic acids is 1. The fourth-order valence-electron chi connectivity index (χ4n) is 2.08. The van der Waals surface area contributed by atoms with Gasteiger partial charge in [0, 0.05) is 11.4 Å². The Morgan fingerprint density at radius 3 is 2.89 bits per heavy atom. The molecule has 0 spiro atoms. The van der Waals surface area contributed by atoms with Crippen molar-refractivity contribution in [2.75, 3.05) is 17.2 Å². The molecule has 0 fully saturated rings. The lowest BCUT2D eigenvalue weighted by Crippen LogP contribution is -2.35. The molecule has 4 N–H and O–H groups in total. The van der Waals surface area contributed by atoms with Crippen LogP contribution in [0.4, 0.5) is 11.4 Å². The molecule has 2 rings (SSSR count). The average molecular weight is 250 g/mol. The molecule has 1 atom stereocenters. The number of fused-ring (bicyclic) bond motifs is 1. The van der Waals surface area contributed by atoms with Gasteiger partial charge in [-0.05, 0) is 23.8 Å². The molecule has 1 unspecified atom stereocenters. The van der Waals surface area contributed by atoms with Crippen molar-refractivity contribution < 1.29 is 19.8 Å². The minimum Gasteiger partial charge on any atom is -0.481 e. The Morgan fingerprint density at radius 2 is 2.22 bits per heavy atom. The van der Waals surface area contributed by atoms with E-state index in [-0.39, 0.29) is 25.3 Å². The lowest BCUT2D eigenvalue weighted by Gasteiger charge is -2.20. The minimum atomic E-state index is -1.09. The summed E-state index contributed by atoms with van der Waals surface area (Å²) in [5, 5.41) is 18.2. The second kappa shape index (κ2) is 4.66. The summed E-state index contributed by atoms with van der Waals surface area (Å²) >= 11 is 0. The maximum atomic E-state index is 11.8. The highest BCUT2D eigenvalue weighted by molar-refractivity contribution is 6.01. The number of carbonyl (C=O) groups is 2. The van der Waals surface area contributed by atoms with E-state index in [9.17, 15) is 14.7 Å². The minimum absolute atomic E-state index is 0.0119. The van der Waals surface area contributed by atoms with Gasteiger partial charge >= 0.3 is 5.97 Å². The first-order chi connectivity index (χ1) is 8.47. The van der Waals surface area contributed by atoms with Crippen LogP contribution in [-0.2, 0) is 16.0 Å². The molecule has 18 heavy (non-hydrogen) atoms. The topological polar surface area (TPSA) is 104 Å². The third-order valence-corrected chi connectivity index (χ3v) is 2.84. The fraction of sp³-hybridized carbons (Fsp3) is 0.333. The summed E-state index contributed by atoms with van der Waals surface area (Å²) in [5.74, 6) is -1.24. The van der Waals surface area contributed by atoms with Gasteiger partial charge in [0.15, 0.2) is 0 Å². The van der Waals surface area contributed by atoms with Crippen LogP contribution in [-0.4, -0.2) is 34.7 Å². The van der Waals surface area contributed by atoms with Crippen molar-refractivity contribution in [3.05, 3.63) is 23.8 Å². The summed E-state index contributed by atoms with van der Waals surface area (Å²) in [6, 6.07) is 5.11. The van der Waals surface area contributed by atoms with Crippen molar-refractivity contribution in [3.63, 3.8) is 0 Å². The summed E-state index contributed by atoms with van der Waals surface area (Å²) in [5.41, 5.74) is 7.71. The predicted octanol–water partition coefficient (Wildman–Crippen LogP) is -0.00650. The number of nitrogen functional groups attached to an aromatic ring is 1. The number of amides is 1.